The van der Waals surface area contributed by atoms with Crippen molar-refractivity contribution in [1.29, 1.82) is 0 Å². The van der Waals surface area contributed by atoms with E-state index in [1.807, 2.05) is 0 Å². The number of hydrogen-bond acceptors (Lipinski definition) is 4. The largest absolute Gasteiger partial charge is 0.497 e. The summed E-state index contributed by atoms with van der Waals surface area (Å²) in [6.07, 6.45) is 0. The van der Waals surface area contributed by atoms with Crippen LogP contribution in [0.5, 0.6) is 11.5 Å². The molecule has 0 aliphatic heterocycles. The predicted octanol–water partition coefficient (Wildman–Crippen LogP) is 3.18. The van der Waals surface area contributed by atoms with Gasteiger partial charge in [-0.15, -0.1) is 0 Å². The lowest BCUT2D eigenvalue weighted by atomic mass is 10.0. The van der Waals surface area contributed by atoms with E-state index in [1.54, 1.807) is 0 Å². The number of rotatable bonds is 6. The average molecular weight is 339 g/mol. The minimum atomic E-state index is -1.19. The lowest BCUT2D eigenvalue weighted by Crippen LogP contribution is -2.12. The third kappa shape index (κ3) is 4.20. The van der Waals surface area contributed by atoms with Crippen LogP contribution in [0.4, 0.5) is 4.39 Å². The van der Waals surface area contributed by atoms with E-state index in [-0.39, 0.29) is 27.6 Å². The van der Waals surface area contributed by atoms with Crippen molar-refractivity contribution in [2.75, 3.05) is 13.7 Å². The van der Waals surface area contributed by atoms with Gasteiger partial charge in [-0.2, -0.15) is 0 Å². The number of ketones is 1. The van der Waals surface area contributed by atoms with Gasteiger partial charge in [0.1, 0.15) is 17.3 Å². The van der Waals surface area contributed by atoms with E-state index in [9.17, 15) is 14.0 Å². The Morgan fingerprint density at radius 1 is 1.22 bits per heavy atom. The number of hydrogen-bond donors (Lipinski definition) is 1. The maximum atomic E-state index is 13.6. The van der Waals surface area contributed by atoms with Gasteiger partial charge in [0.2, 0.25) is 0 Å². The molecule has 0 unspecified atom stereocenters. The first kappa shape index (κ1) is 16.8. The van der Waals surface area contributed by atoms with E-state index in [2.05, 4.69) is 0 Å². The van der Waals surface area contributed by atoms with Gasteiger partial charge >= 0.3 is 5.97 Å². The Bertz CT molecular complexity index is 760. The first-order chi connectivity index (χ1) is 10.9. The second-order valence-corrected chi connectivity index (χ2v) is 4.97. The second kappa shape index (κ2) is 7.11. The van der Waals surface area contributed by atoms with Gasteiger partial charge in [0.25, 0.3) is 0 Å². The standard InChI is InChI=1S/C16H12ClFO5/c1-22-12-5-9(4-11(18)7-12)16(21)13-6-10(17)2-3-14(13)23-8-15(19)20/h2-7H,8H2,1H3,(H,19,20). The number of methoxy groups -OCH3 is 1. The molecular weight excluding hydrogens is 327 g/mol. The fraction of sp³-hybridized carbons (Fsp3) is 0.125. The van der Waals surface area contributed by atoms with Crippen LogP contribution in [0.25, 0.3) is 0 Å². The highest BCUT2D eigenvalue weighted by molar-refractivity contribution is 6.31. The van der Waals surface area contributed by atoms with Gasteiger partial charge in [-0.25, -0.2) is 9.18 Å². The van der Waals surface area contributed by atoms with E-state index < -0.39 is 24.2 Å². The topological polar surface area (TPSA) is 72.8 Å². The van der Waals surface area contributed by atoms with Gasteiger partial charge in [-0.05, 0) is 30.3 Å². The molecule has 0 fully saturated rings. The molecule has 0 saturated carbocycles. The van der Waals surface area contributed by atoms with Crippen LogP contribution in [0.3, 0.4) is 0 Å². The Hall–Kier alpha value is -2.60. The van der Waals surface area contributed by atoms with Gasteiger partial charge in [-0.1, -0.05) is 11.6 Å². The highest BCUT2D eigenvalue weighted by atomic mass is 35.5. The van der Waals surface area contributed by atoms with E-state index in [0.29, 0.717) is 0 Å². The molecule has 0 spiro atoms. The van der Waals surface area contributed by atoms with Crippen molar-refractivity contribution < 1.29 is 28.6 Å². The smallest absolute Gasteiger partial charge is 0.341 e. The number of carbonyl (C=O) groups is 2. The number of aliphatic carboxylic acids is 1. The number of carboxylic acids is 1. The highest BCUT2D eigenvalue weighted by Gasteiger charge is 2.18. The monoisotopic (exact) mass is 338 g/mol. The first-order valence-corrected chi connectivity index (χ1v) is 6.82. The first-order valence-electron chi connectivity index (χ1n) is 6.44. The van der Waals surface area contributed by atoms with Crippen molar-refractivity contribution >= 4 is 23.4 Å². The van der Waals surface area contributed by atoms with Gasteiger partial charge in [0.15, 0.2) is 12.4 Å². The summed E-state index contributed by atoms with van der Waals surface area (Å²) in [6, 6.07) is 7.73. The summed E-state index contributed by atoms with van der Waals surface area (Å²) in [4.78, 5) is 23.2. The van der Waals surface area contributed by atoms with Crippen LogP contribution in [0.15, 0.2) is 36.4 Å². The van der Waals surface area contributed by atoms with Crippen LogP contribution >= 0.6 is 11.6 Å². The van der Waals surface area contributed by atoms with Gasteiger partial charge in [-0.3, -0.25) is 4.79 Å². The summed E-state index contributed by atoms with van der Waals surface area (Å²) in [5.41, 5.74) is 0.0655. The molecule has 0 aliphatic carbocycles. The average Bonchev–Trinajstić information content (AvgIpc) is 2.52. The lowest BCUT2D eigenvalue weighted by molar-refractivity contribution is -0.139. The summed E-state index contributed by atoms with van der Waals surface area (Å²) < 4.78 is 23.6. The van der Waals surface area contributed by atoms with Crippen molar-refractivity contribution in [1.82, 2.24) is 0 Å². The minimum Gasteiger partial charge on any atom is -0.497 e. The van der Waals surface area contributed by atoms with Crippen LogP contribution < -0.4 is 9.47 Å². The Labute approximate surface area is 136 Å². The zero-order valence-corrected chi connectivity index (χ0v) is 12.8. The van der Waals surface area contributed by atoms with Crippen LogP contribution in [-0.4, -0.2) is 30.6 Å². The van der Waals surface area contributed by atoms with E-state index >= 15 is 0 Å². The molecule has 120 valence electrons. The van der Waals surface area contributed by atoms with Gasteiger partial charge < -0.3 is 14.6 Å². The van der Waals surface area contributed by atoms with Crippen LogP contribution in [0.2, 0.25) is 5.02 Å². The summed E-state index contributed by atoms with van der Waals surface area (Å²) in [7, 11) is 1.35. The minimum absolute atomic E-state index is 0.0318. The highest BCUT2D eigenvalue weighted by Crippen LogP contribution is 2.27. The molecule has 0 amide bonds. The lowest BCUT2D eigenvalue weighted by Gasteiger charge is -2.11. The Kier molecular flexibility index (Phi) is 5.18. The summed E-state index contributed by atoms with van der Waals surface area (Å²) in [5, 5.41) is 8.94. The van der Waals surface area contributed by atoms with Gasteiger partial charge in [0.05, 0.1) is 12.7 Å². The molecule has 2 aromatic carbocycles. The molecule has 1 N–H and O–H groups in total. The van der Waals surface area contributed by atoms with Crippen molar-refractivity contribution in [2.24, 2.45) is 0 Å². The molecule has 2 rings (SSSR count). The second-order valence-electron chi connectivity index (χ2n) is 4.53. The van der Waals surface area contributed by atoms with Crippen LogP contribution in [0.1, 0.15) is 15.9 Å². The molecule has 0 radical (unpaired) electrons. The van der Waals surface area contributed by atoms with E-state index in [4.69, 9.17) is 26.2 Å². The van der Waals surface area contributed by atoms with Crippen molar-refractivity contribution in [3.05, 3.63) is 58.4 Å². The molecule has 23 heavy (non-hydrogen) atoms. The Balaban J connectivity index is 2.43. The third-order valence-corrected chi connectivity index (χ3v) is 3.14. The molecule has 0 aromatic heterocycles. The molecule has 0 heterocycles. The van der Waals surface area contributed by atoms with Crippen molar-refractivity contribution in [3.63, 3.8) is 0 Å². The van der Waals surface area contributed by atoms with E-state index in [0.717, 1.165) is 12.1 Å². The maximum Gasteiger partial charge on any atom is 0.341 e. The zero-order valence-electron chi connectivity index (χ0n) is 12.0. The number of halogens is 2. The number of ether oxygens (including phenoxy) is 2. The fourth-order valence-electron chi connectivity index (χ4n) is 1.91. The Morgan fingerprint density at radius 2 is 1.96 bits per heavy atom. The third-order valence-electron chi connectivity index (χ3n) is 2.91. The fourth-order valence-corrected chi connectivity index (χ4v) is 2.08. The molecule has 0 aliphatic rings. The normalized spacial score (nSPS) is 10.2. The van der Waals surface area contributed by atoms with Crippen LogP contribution in [-0.2, 0) is 4.79 Å². The molecule has 0 saturated heterocycles. The molecule has 2 aromatic rings. The van der Waals surface area contributed by atoms with Crippen molar-refractivity contribution in [2.45, 2.75) is 0 Å². The van der Waals surface area contributed by atoms with E-state index in [1.165, 1.54) is 31.4 Å². The quantitative estimate of drug-likeness (QED) is 0.819. The summed E-state index contributed by atoms with van der Waals surface area (Å²) >= 11 is 5.88. The SMILES string of the molecule is COc1cc(F)cc(C(=O)c2cc(Cl)ccc2OCC(=O)O)c1. The number of benzene rings is 2. The molecule has 7 heteroatoms. The summed E-state index contributed by atoms with van der Waals surface area (Å²) in [5.74, 6) is -2.16. The number of carboxylic acid groups (broad SMARTS) is 1. The molecule has 0 bridgehead atoms. The van der Waals surface area contributed by atoms with Gasteiger partial charge in [0, 0.05) is 16.7 Å². The predicted molar refractivity (Wildman–Crippen MR) is 81.0 cm³/mol. The summed E-state index contributed by atoms with van der Waals surface area (Å²) in [6.45, 7) is -0.617. The maximum absolute atomic E-state index is 13.6. The molecule has 5 nitrogen and oxygen atoms in total. The molecular formula is C16H12ClFO5. The molecule has 0 atom stereocenters. The number of carbonyl (C=O) groups excluding carboxylic acids is 1. The van der Waals surface area contributed by atoms with Crippen LogP contribution in [0, 0.1) is 5.82 Å². The zero-order chi connectivity index (χ0) is 17.0. The van der Waals surface area contributed by atoms with Crippen molar-refractivity contribution in [3.8, 4) is 11.5 Å². The Morgan fingerprint density at radius 3 is 2.61 bits per heavy atom.